The summed E-state index contributed by atoms with van der Waals surface area (Å²) >= 11 is 1.62. The van der Waals surface area contributed by atoms with Crippen LogP contribution in [0.25, 0.3) is 21.6 Å². The van der Waals surface area contributed by atoms with E-state index in [2.05, 4.69) is 14.7 Å². The van der Waals surface area contributed by atoms with E-state index in [0.29, 0.717) is 11.4 Å². The molecule has 0 saturated heterocycles. The Kier molecular flexibility index (Phi) is 3.27. The number of esters is 1. The topological polar surface area (TPSA) is 72.0 Å². The number of carbonyl (C=O) groups is 1. The number of hydrogen-bond acceptors (Lipinski definition) is 5. The molecule has 5 nitrogen and oxygen atoms in total. The smallest absolute Gasteiger partial charge is 0.337 e. The van der Waals surface area contributed by atoms with E-state index in [0.717, 1.165) is 35.0 Å². The van der Waals surface area contributed by atoms with Crippen LogP contribution in [0.1, 0.15) is 27.2 Å². The van der Waals surface area contributed by atoms with Gasteiger partial charge in [-0.05, 0) is 37.0 Å². The van der Waals surface area contributed by atoms with Gasteiger partial charge in [-0.3, -0.25) is 4.79 Å². The van der Waals surface area contributed by atoms with E-state index < -0.39 is 0 Å². The van der Waals surface area contributed by atoms with E-state index in [1.165, 1.54) is 17.6 Å². The highest BCUT2D eigenvalue weighted by atomic mass is 32.1. The van der Waals surface area contributed by atoms with Crippen molar-refractivity contribution in [2.75, 3.05) is 7.11 Å². The Balaban J connectivity index is 1.80. The fourth-order valence-electron chi connectivity index (χ4n) is 3.02. The summed E-state index contributed by atoms with van der Waals surface area (Å²) in [5.41, 5.74) is 2.33. The third-order valence-corrected chi connectivity index (χ3v) is 5.34. The van der Waals surface area contributed by atoms with Crippen LogP contribution in [0.3, 0.4) is 0 Å². The van der Waals surface area contributed by atoms with Gasteiger partial charge < -0.3 is 9.72 Å². The Morgan fingerprint density at radius 3 is 2.78 bits per heavy atom. The molecule has 0 amide bonds. The SMILES string of the molecule is COC(=O)c1ccc(-c2nc3sc4c(c3c(=O)[nH]2)CCC4)cc1. The van der Waals surface area contributed by atoms with Crippen molar-refractivity contribution in [3.63, 3.8) is 0 Å². The molecule has 0 bridgehead atoms. The zero-order valence-electron chi connectivity index (χ0n) is 12.5. The lowest BCUT2D eigenvalue weighted by Crippen LogP contribution is -2.09. The average Bonchev–Trinajstić information content (AvgIpc) is 3.14. The molecule has 1 aliphatic rings. The molecule has 0 spiro atoms. The number of benzene rings is 1. The van der Waals surface area contributed by atoms with Crippen molar-refractivity contribution in [2.45, 2.75) is 19.3 Å². The number of rotatable bonds is 2. The summed E-state index contributed by atoms with van der Waals surface area (Å²) in [5.74, 6) is 0.141. The standard InChI is InChI=1S/C17H14N2O3S/c1-22-17(21)10-7-5-9(6-8-10)14-18-15(20)13-11-3-2-4-12(11)23-16(13)19-14/h5-8H,2-4H2,1H3,(H,18,19,20). The minimum absolute atomic E-state index is 0.0820. The van der Waals surface area contributed by atoms with Crippen molar-refractivity contribution in [2.24, 2.45) is 0 Å². The number of aromatic amines is 1. The van der Waals surface area contributed by atoms with Crippen molar-refractivity contribution < 1.29 is 9.53 Å². The molecule has 2 heterocycles. The summed E-state index contributed by atoms with van der Waals surface area (Å²) < 4.78 is 4.68. The number of nitrogens with one attached hydrogen (secondary N) is 1. The number of H-pyrrole nitrogens is 1. The first kappa shape index (κ1) is 14.1. The minimum atomic E-state index is -0.386. The fourth-order valence-corrected chi connectivity index (χ4v) is 4.28. The highest BCUT2D eigenvalue weighted by Gasteiger charge is 2.21. The maximum absolute atomic E-state index is 12.5. The average molecular weight is 326 g/mol. The molecule has 6 heteroatoms. The summed E-state index contributed by atoms with van der Waals surface area (Å²) in [5, 5.41) is 0.748. The van der Waals surface area contributed by atoms with Crippen LogP contribution in [0.4, 0.5) is 0 Å². The number of aryl methyl sites for hydroxylation is 2. The second-order valence-electron chi connectivity index (χ2n) is 5.52. The maximum Gasteiger partial charge on any atom is 0.337 e. The molecule has 0 aliphatic heterocycles. The molecular weight excluding hydrogens is 312 g/mol. The zero-order valence-corrected chi connectivity index (χ0v) is 13.3. The lowest BCUT2D eigenvalue weighted by atomic mass is 10.1. The second-order valence-corrected chi connectivity index (χ2v) is 6.60. The summed E-state index contributed by atoms with van der Waals surface area (Å²) in [6.07, 6.45) is 3.12. The van der Waals surface area contributed by atoms with Crippen molar-refractivity contribution in [3.05, 3.63) is 50.6 Å². The molecule has 0 unspecified atom stereocenters. The van der Waals surface area contributed by atoms with Gasteiger partial charge in [-0.25, -0.2) is 9.78 Å². The summed E-state index contributed by atoms with van der Waals surface area (Å²) in [4.78, 5) is 33.5. The number of methoxy groups -OCH3 is 1. The molecule has 3 aromatic rings. The Bertz CT molecular complexity index is 970. The van der Waals surface area contributed by atoms with Crippen LogP contribution in [0.2, 0.25) is 0 Å². The minimum Gasteiger partial charge on any atom is -0.465 e. The van der Waals surface area contributed by atoms with Crippen LogP contribution in [-0.4, -0.2) is 23.0 Å². The van der Waals surface area contributed by atoms with Gasteiger partial charge in [-0.1, -0.05) is 12.1 Å². The fraction of sp³-hybridized carbons (Fsp3) is 0.235. The largest absolute Gasteiger partial charge is 0.465 e. The number of carbonyl (C=O) groups excluding carboxylic acids is 1. The van der Waals surface area contributed by atoms with E-state index in [1.54, 1.807) is 35.6 Å². The highest BCUT2D eigenvalue weighted by Crippen LogP contribution is 2.35. The van der Waals surface area contributed by atoms with Gasteiger partial charge in [0.25, 0.3) is 5.56 Å². The van der Waals surface area contributed by atoms with Gasteiger partial charge in [-0.2, -0.15) is 0 Å². The number of fused-ring (bicyclic) bond motifs is 3. The van der Waals surface area contributed by atoms with Crippen molar-refractivity contribution in [1.82, 2.24) is 9.97 Å². The van der Waals surface area contributed by atoms with Crippen LogP contribution in [-0.2, 0) is 17.6 Å². The summed E-state index contributed by atoms with van der Waals surface area (Å²) in [6, 6.07) is 6.86. The third-order valence-electron chi connectivity index (χ3n) is 4.15. The van der Waals surface area contributed by atoms with Crippen LogP contribution in [0.15, 0.2) is 29.1 Å². The molecule has 1 aliphatic carbocycles. The van der Waals surface area contributed by atoms with Gasteiger partial charge in [0, 0.05) is 10.4 Å². The number of nitrogens with zero attached hydrogens (tertiary/aromatic N) is 1. The first-order valence-corrected chi connectivity index (χ1v) is 8.22. The second kappa shape index (κ2) is 5.31. The van der Waals surface area contributed by atoms with Crippen molar-refractivity contribution in [3.8, 4) is 11.4 Å². The monoisotopic (exact) mass is 326 g/mol. The lowest BCUT2D eigenvalue weighted by molar-refractivity contribution is 0.0601. The molecule has 1 N–H and O–H groups in total. The molecule has 1 aromatic carbocycles. The van der Waals surface area contributed by atoms with Gasteiger partial charge in [0.05, 0.1) is 18.1 Å². The Morgan fingerprint density at radius 1 is 1.26 bits per heavy atom. The number of ether oxygens (including phenoxy) is 1. The summed E-state index contributed by atoms with van der Waals surface area (Å²) in [7, 11) is 1.35. The van der Waals surface area contributed by atoms with Crippen LogP contribution < -0.4 is 5.56 Å². The van der Waals surface area contributed by atoms with Gasteiger partial charge >= 0.3 is 5.97 Å². The Hall–Kier alpha value is -2.47. The highest BCUT2D eigenvalue weighted by molar-refractivity contribution is 7.18. The van der Waals surface area contributed by atoms with Gasteiger partial charge in [0.15, 0.2) is 0 Å². The Morgan fingerprint density at radius 2 is 2.04 bits per heavy atom. The predicted molar refractivity (Wildman–Crippen MR) is 89.0 cm³/mol. The van der Waals surface area contributed by atoms with E-state index in [1.807, 2.05) is 0 Å². The van der Waals surface area contributed by atoms with Gasteiger partial charge in [-0.15, -0.1) is 11.3 Å². The predicted octanol–water partition coefficient (Wildman–Crippen LogP) is 2.93. The summed E-state index contributed by atoms with van der Waals surface area (Å²) in [6.45, 7) is 0. The van der Waals surface area contributed by atoms with Gasteiger partial charge in [0.2, 0.25) is 0 Å². The molecule has 4 rings (SSSR count). The van der Waals surface area contributed by atoms with E-state index in [9.17, 15) is 9.59 Å². The molecule has 23 heavy (non-hydrogen) atoms. The normalized spacial score (nSPS) is 13.3. The van der Waals surface area contributed by atoms with Crippen LogP contribution in [0, 0.1) is 0 Å². The third kappa shape index (κ3) is 2.26. The van der Waals surface area contributed by atoms with E-state index in [4.69, 9.17) is 0 Å². The van der Waals surface area contributed by atoms with Gasteiger partial charge in [0.1, 0.15) is 10.7 Å². The molecular formula is C17H14N2O3S. The van der Waals surface area contributed by atoms with Crippen molar-refractivity contribution >= 4 is 27.5 Å². The van der Waals surface area contributed by atoms with E-state index in [-0.39, 0.29) is 11.5 Å². The number of hydrogen-bond donors (Lipinski definition) is 1. The van der Waals surface area contributed by atoms with Crippen molar-refractivity contribution in [1.29, 1.82) is 0 Å². The quantitative estimate of drug-likeness (QED) is 0.735. The first-order chi connectivity index (χ1) is 11.2. The number of thiophene rings is 1. The molecule has 116 valence electrons. The molecule has 0 radical (unpaired) electrons. The lowest BCUT2D eigenvalue weighted by Gasteiger charge is -2.03. The maximum atomic E-state index is 12.5. The molecule has 0 atom stereocenters. The number of aromatic nitrogens is 2. The zero-order chi connectivity index (χ0) is 16.0. The van der Waals surface area contributed by atoms with Crippen LogP contribution in [0.5, 0.6) is 0 Å². The molecule has 2 aromatic heterocycles. The Labute approximate surface area is 136 Å². The molecule has 0 saturated carbocycles. The van der Waals surface area contributed by atoms with Crippen LogP contribution >= 0.6 is 11.3 Å². The molecule has 0 fully saturated rings. The first-order valence-electron chi connectivity index (χ1n) is 7.40. The van der Waals surface area contributed by atoms with E-state index >= 15 is 0 Å².